The van der Waals surface area contributed by atoms with Crippen LogP contribution < -0.4 is 0 Å². The van der Waals surface area contributed by atoms with E-state index in [4.69, 9.17) is 5.11 Å². The van der Waals surface area contributed by atoms with Crippen molar-refractivity contribution in [3.05, 3.63) is 28.5 Å². The van der Waals surface area contributed by atoms with Crippen molar-refractivity contribution in [2.75, 3.05) is 0 Å². The monoisotopic (exact) mass is 356 g/mol. The zero-order chi connectivity index (χ0) is 15.6. The molecule has 0 aliphatic rings. The fourth-order valence-electron chi connectivity index (χ4n) is 2.05. The standard InChI is InChI=1S/C13H14BrFN4O2/c1-7(2)11(6-12(20)21)19-13(16-17-18-19)9-5-8(15)3-4-10(9)14/h3-5,7,11H,6H2,1-2H3,(H,20,21). The summed E-state index contributed by atoms with van der Waals surface area (Å²) in [5.74, 6) is -1.01. The average molecular weight is 357 g/mol. The van der Waals surface area contributed by atoms with Gasteiger partial charge in [0.05, 0.1) is 12.5 Å². The van der Waals surface area contributed by atoms with E-state index in [1.165, 1.54) is 16.8 Å². The summed E-state index contributed by atoms with van der Waals surface area (Å²) in [6.07, 6.45) is -0.108. The molecule has 112 valence electrons. The Hall–Kier alpha value is -1.83. The first-order chi connectivity index (χ1) is 9.90. The summed E-state index contributed by atoms with van der Waals surface area (Å²) in [6.45, 7) is 3.78. The number of benzene rings is 1. The first kappa shape index (κ1) is 15.6. The van der Waals surface area contributed by atoms with E-state index in [9.17, 15) is 9.18 Å². The Morgan fingerprint density at radius 3 is 2.81 bits per heavy atom. The van der Waals surface area contributed by atoms with Crippen molar-refractivity contribution in [3.8, 4) is 11.4 Å². The molecule has 0 fully saturated rings. The Bertz CT molecular complexity index is 659. The molecule has 2 rings (SSSR count). The molecule has 1 N–H and O–H groups in total. The molecule has 0 amide bonds. The minimum Gasteiger partial charge on any atom is -0.481 e. The molecule has 21 heavy (non-hydrogen) atoms. The second-order valence-electron chi connectivity index (χ2n) is 4.98. The number of hydrogen-bond donors (Lipinski definition) is 1. The van der Waals surface area contributed by atoms with Gasteiger partial charge in [-0.05, 0) is 34.5 Å². The maximum absolute atomic E-state index is 13.4. The Morgan fingerprint density at radius 1 is 1.48 bits per heavy atom. The van der Waals surface area contributed by atoms with Gasteiger partial charge < -0.3 is 5.11 Å². The number of carboxylic acid groups (broad SMARTS) is 1. The Kier molecular flexibility index (Phi) is 4.66. The van der Waals surface area contributed by atoms with E-state index in [-0.39, 0.29) is 12.3 Å². The van der Waals surface area contributed by atoms with Crippen LogP contribution in [-0.2, 0) is 4.79 Å². The highest BCUT2D eigenvalue weighted by atomic mass is 79.9. The molecule has 0 saturated carbocycles. The van der Waals surface area contributed by atoms with Crippen LogP contribution in [0.1, 0.15) is 26.3 Å². The molecule has 0 saturated heterocycles. The van der Waals surface area contributed by atoms with Gasteiger partial charge in [0.15, 0.2) is 5.82 Å². The van der Waals surface area contributed by atoms with E-state index in [2.05, 4.69) is 31.5 Å². The number of aromatic nitrogens is 4. The molecule has 0 radical (unpaired) electrons. The number of tetrazole rings is 1. The van der Waals surface area contributed by atoms with Crippen LogP contribution in [0.3, 0.4) is 0 Å². The largest absolute Gasteiger partial charge is 0.481 e. The van der Waals surface area contributed by atoms with E-state index in [0.29, 0.717) is 15.9 Å². The lowest BCUT2D eigenvalue weighted by atomic mass is 10.0. The lowest BCUT2D eigenvalue weighted by Crippen LogP contribution is -2.21. The SMILES string of the molecule is CC(C)C(CC(=O)O)n1nnnc1-c1cc(F)ccc1Br. The van der Waals surface area contributed by atoms with Gasteiger partial charge in [-0.25, -0.2) is 9.07 Å². The minimum atomic E-state index is -0.937. The van der Waals surface area contributed by atoms with Gasteiger partial charge in [-0.15, -0.1) is 5.10 Å². The van der Waals surface area contributed by atoms with Crippen molar-refractivity contribution in [1.82, 2.24) is 20.2 Å². The van der Waals surface area contributed by atoms with Crippen molar-refractivity contribution in [1.29, 1.82) is 0 Å². The first-order valence-corrected chi connectivity index (χ1v) is 7.14. The topological polar surface area (TPSA) is 80.9 Å². The van der Waals surface area contributed by atoms with E-state index < -0.39 is 17.8 Å². The number of aliphatic carboxylic acids is 1. The second kappa shape index (κ2) is 6.30. The van der Waals surface area contributed by atoms with Gasteiger partial charge in [0.2, 0.25) is 0 Å². The van der Waals surface area contributed by atoms with Gasteiger partial charge in [0.1, 0.15) is 5.82 Å². The summed E-state index contributed by atoms with van der Waals surface area (Å²) in [5.41, 5.74) is 0.482. The molecule has 8 heteroatoms. The molecule has 6 nitrogen and oxygen atoms in total. The molecule has 0 bridgehead atoms. The van der Waals surface area contributed by atoms with Crippen LogP contribution in [0, 0.1) is 11.7 Å². The third kappa shape index (κ3) is 3.44. The molecule has 0 aliphatic heterocycles. The van der Waals surface area contributed by atoms with Crippen LogP contribution in [0.2, 0.25) is 0 Å². The molecule has 1 unspecified atom stereocenters. The van der Waals surface area contributed by atoms with Crippen molar-refractivity contribution in [3.63, 3.8) is 0 Å². The van der Waals surface area contributed by atoms with Crippen molar-refractivity contribution >= 4 is 21.9 Å². The van der Waals surface area contributed by atoms with Crippen LogP contribution in [0.15, 0.2) is 22.7 Å². The minimum absolute atomic E-state index is 0.00989. The van der Waals surface area contributed by atoms with E-state index >= 15 is 0 Å². The van der Waals surface area contributed by atoms with E-state index in [0.717, 1.165) is 0 Å². The fraction of sp³-hybridized carbons (Fsp3) is 0.385. The highest BCUT2D eigenvalue weighted by molar-refractivity contribution is 9.10. The van der Waals surface area contributed by atoms with Crippen LogP contribution in [0.5, 0.6) is 0 Å². The zero-order valence-electron chi connectivity index (χ0n) is 11.5. The number of halogens is 2. The molecule has 1 heterocycles. The molecule has 2 aromatic rings. The predicted molar refractivity (Wildman–Crippen MR) is 77.0 cm³/mol. The van der Waals surface area contributed by atoms with E-state index in [1.807, 2.05) is 13.8 Å². The van der Waals surface area contributed by atoms with Gasteiger partial charge in [-0.2, -0.15) is 0 Å². The summed E-state index contributed by atoms with van der Waals surface area (Å²) in [5, 5.41) is 20.4. The summed E-state index contributed by atoms with van der Waals surface area (Å²) in [4.78, 5) is 11.0. The highest BCUT2D eigenvalue weighted by Gasteiger charge is 2.25. The average Bonchev–Trinajstić information content (AvgIpc) is 2.87. The molecule has 0 aliphatic carbocycles. The molecular weight excluding hydrogens is 343 g/mol. The van der Waals surface area contributed by atoms with Crippen LogP contribution in [-0.4, -0.2) is 31.3 Å². The summed E-state index contributed by atoms with van der Waals surface area (Å²) >= 11 is 3.33. The maximum atomic E-state index is 13.4. The quantitative estimate of drug-likeness (QED) is 0.890. The van der Waals surface area contributed by atoms with Crippen molar-refractivity contribution in [2.45, 2.75) is 26.3 Å². The smallest absolute Gasteiger partial charge is 0.305 e. The summed E-state index contributed by atoms with van der Waals surface area (Å²) in [6, 6.07) is 3.77. The highest BCUT2D eigenvalue weighted by Crippen LogP contribution is 2.31. The predicted octanol–water partition coefficient (Wildman–Crippen LogP) is 2.91. The number of carboxylic acids is 1. The lowest BCUT2D eigenvalue weighted by Gasteiger charge is -2.20. The Labute approximate surface area is 129 Å². The number of nitrogens with zero attached hydrogens (tertiary/aromatic N) is 4. The molecule has 0 spiro atoms. The maximum Gasteiger partial charge on any atom is 0.305 e. The van der Waals surface area contributed by atoms with Crippen molar-refractivity contribution < 1.29 is 14.3 Å². The van der Waals surface area contributed by atoms with Gasteiger partial charge in [-0.3, -0.25) is 4.79 Å². The zero-order valence-corrected chi connectivity index (χ0v) is 13.1. The van der Waals surface area contributed by atoms with E-state index in [1.54, 1.807) is 6.07 Å². The fourth-order valence-corrected chi connectivity index (χ4v) is 2.47. The Balaban J connectivity index is 2.50. The van der Waals surface area contributed by atoms with Gasteiger partial charge >= 0.3 is 5.97 Å². The van der Waals surface area contributed by atoms with Crippen molar-refractivity contribution in [2.24, 2.45) is 5.92 Å². The molecule has 1 aromatic carbocycles. The summed E-state index contributed by atoms with van der Waals surface area (Å²) < 4.78 is 15.5. The normalized spacial score (nSPS) is 12.6. The lowest BCUT2D eigenvalue weighted by molar-refractivity contribution is -0.138. The van der Waals surface area contributed by atoms with Gasteiger partial charge in [0, 0.05) is 10.0 Å². The third-order valence-electron chi connectivity index (χ3n) is 3.13. The third-order valence-corrected chi connectivity index (χ3v) is 3.82. The van der Waals surface area contributed by atoms with Crippen LogP contribution >= 0.6 is 15.9 Å². The van der Waals surface area contributed by atoms with Crippen LogP contribution in [0.25, 0.3) is 11.4 Å². The number of hydrogen-bond acceptors (Lipinski definition) is 4. The van der Waals surface area contributed by atoms with Crippen LogP contribution in [0.4, 0.5) is 4.39 Å². The van der Waals surface area contributed by atoms with Gasteiger partial charge in [-0.1, -0.05) is 29.8 Å². The second-order valence-corrected chi connectivity index (χ2v) is 5.83. The first-order valence-electron chi connectivity index (χ1n) is 6.35. The molecular formula is C13H14BrFN4O2. The molecule has 1 atom stereocenters. The Morgan fingerprint density at radius 2 is 2.19 bits per heavy atom. The number of rotatable bonds is 5. The summed E-state index contributed by atoms with van der Waals surface area (Å²) in [7, 11) is 0. The molecule has 1 aromatic heterocycles. The van der Waals surface area contributed by atoms with Gasteiger partial charge in [0.25, 0.3) is 0 Å². The number of carbonyl (C=O) groups is 1.